The number of hydrogen-bond acceptors (Lipinski definition) is 5. The predicted octanol–water partition coefficient (Wildman–Crippen LogP) is 1.70. The lowest BCUT2D eigenvalue weighted by Crippen LogP contribution is -2.44. The largest absolute Gasteiger partial charge is 0.504 e. The van der Waals surface area contributed by atoms with E-state index >= 15 is 0 Å². The van der Waals surface area contributed by atoms with E-state index in [1.807, 2.05) is 30.4 Å². The highest BCUT2D eigenvalue weighted by molar-refractivity contribution is 5.84. The molecule has 1 aromatic carbocycles. The number of aromatic hydroxyl groups is 1. The van der Waals surface area contributed by atoms with Gasteiger partial charge in [0.2, 0.25) is 5.91 Å². The van der Waals surface area contributed by atoms with Crippen LogP contribution in [0, 0.1) is 0 Å². The van der Waals surface area contributed by atoms with Gasteiger partial charge in [-0.2, -0.15) is 0 Å². The first-order chi connectivity index (χ1) is 12.2. The number of carbonyl (C=O) groups excluding carboxylic acids is 1. The maximum atomic E-state index is 12.7. The fourth-order valence-electron chi connectivity index (χ4n) is 3.22. The van der Waals surface area contributed by atoms with Gasteiger partial charge >= 0.3 is 0 Å². The lowest BCUT2D eigenvalue weighted by atomic mass is 10.0. The number of benzene rings is 1. The Kier molecular flexibility index (Phi) is 4.11. The normalized spacial score (nSPS) is 19.2. The Bertz CT molecular complexity index is 820. The van der Waals surface area contributed by atoms with Crippen molar-refractivity contribution in [3.8, 4) is 22.6 Å². The number of carbonyl (C=O) groups is 1. The van der Waals surface area contributed by atoms with Gasteiger partial charge in [0.25, 0.3) is 0 Å². The van der Waals surface area contributed by atoms with Crippen LogP contribution in [-0.4, -0.2) is 46.6 Å². The summed E-state index contributed by atoms with van der Waals surface area (Å²) in [6.07, 6.45) is 7.29. The molecule has 2 N–H and O–H groups in total. The molecule has 25 heavy (non-hydrogen) atoms. The van der Waals surface area contributed by atoms with Crippen molar-refractivity contribution >= 4 is 5.91 Å². The van der Waals surface area contributed by atoms with Crippen LogP contribution in [-0.2, 0) is 11.3 Å². The first-order valence-electron chi connectivity index (χ1n) is 8.30. The van der Waals surface area contributed by atoms with Crippen molar-refractivity contribution in [1.82, 2.24) is 15.2 Å². The van der Waals surface area contributed by atoms with E-state index in [2.05, 4.69) is 10.3 Å². The first kappa shape index (κ1) is 15.7. The van der Waals surface area contributed by atoms with Crippen molar-refractivity contribution in [3.05, 3.63) is 54.4 Å². The van der Waals surface area contributed by atoms with Crippen LogP contribution >= 0.6 is 0 Å². The maximum Gasteiger partial charge on any atom is 0.244 e. The second-order valence-electron chi connectivity index (χ2n) is 6.15. The summed E-state index contributed by atoms with van der Waals surface area (Å²) in [7, 11) is 0. The minimum Gasteiger partial charge on any atom is -0.504 e. The minimum atomic E-state index is -0.281. The molecular weight excluding hydrogens is 318 g/mol. The third-order valence-electron chi connectivity index (χ3n) is 4.47. The van der Waals surface area contributed by atoms with E-state index in [9.17, 15) is 9.90 Å². The number of aromatic nitrogens is 1. The highest BCUT2D eigenvalue weighted by Crippen LogP contribution is 2.37. The van der Waals surface area contributed by atoms with Crippen molar-refractivity contribution < 1.29 is 14.6 Å². The molecular formula is C19H19N3O3. The molecule has 0 spiro atoms. The molecule has 0 unspecified atom stereocenters. The van der Waals surface area contributed by atoms with Crippen LogP contribution in [0.2, 0.25) is 0 Å². The molecule has 2 aromatic rings. The average Bonchev–Trinajstić information content (AvgIpc) is 3.08. The molecule has 0 radical (unpaired) electrons. The SMILES string of the molecule is O=C([C@@H]1C=CCN1)N1CCOc2c(O)cc(-c3cccnc3)cc2C1. The molecule has 6 heteroatoms. The van der Waals surface area contributed by atoms with Crippen molar-refractivity contribution in [1.29, 1.82) is 0 Å². The molecule has 0 bridgehead atoms. The second kappa shape index (κ2) is 6.57. The van der Waals surface area contributed by atoms with Crippen LogP contribution < -0.4 is 10.1 Å². The lowest BCUT2D eigenvalue weighted by molar-refractivity contribution is -0.132. The van der Waals surface area contributed by atoms with Gasteiger partial charge in [0.1, 0.15) is 12.6 Å². The van der Waals surface area contributed by atoms with Crippen LogP contribution in [0.15, 0.2) is 48.8 Å². The summed E-state index contributed by atoms with van der Waals surface area (Å²) in [6.45, 7) is 1.96. The zero-order valence-corrected chi connectivity index (χ0v) is 13.7. The second-order valence-corrected chi connectivity index (χ2v) is 6.15. The summed E-state index contributed by atoms with van der Waals surface area (Å²) in [5, 5.41) is 13.5. The fourth-order valence-corrected chi connectivity index (χ4v) is 3.22. The Labute approximate surface area is 145 Å². The number of nitrogens with zero attached hydrogens (tertiary/aromatic N) is 2. The van der Waals surface area contributed by atoms with Crippen molar-refractivity contribution in [2.45, 2.75) is 12.6 Å². The first-order valence-corrected chi connectivity index (χ1v) is 8.30. The third-order valence-corrected chi connectivity index (χ3v) is 4.47. The third kappa shape index (κ3) is 3.08. The van der Waals surface area contributed by atoms with Crippen LogP contribution in [0.4, 0.5) is 0 Å². The van der Waals surface area contributed by atoms with Gasteiger partial charge < -0.3 is 14.7 Å². The maximum absolute atomic E-state index is 12.7. The van der Waals surface area contributed by atoms with Gasteiger partial charge in [0.05, 0.1) is 6.54 Å². The standard InChI is InChI=1S/C19H19N3O3/c23-17-10-14(13-3-1-5-20-11-13)9-15-12-22(7-8-25-18(15)17)19(24)16-4-2-6-21-16/h1-5,9-11,16,21,23H,6-8,12H2/t16-/m0/s1. The Morgan fingerprint density at radius 1 is 1.36 bits per heavy atom. The van der Waals surface area contributed by atoms with Gasteiger partial charge in [-0.15, -0.1) is 0 Å². The van der Waals surface area contributed by atoms with Gasteiger partial charge in [0, 0.05) is 36.6 Å². The topological polar surface area (TPSA) is 74.7 Å². The molecule has 128 valence electrons. The molecule has 0 saturated heterocycles. The predicted molar refractivity (Wildman–Crippen MR) is 93.2 cm³/mol. The van der Waals surface area contributed by atoms with E-state index in [0.717, 1.165) is 16.7 Å². The number of phenols is 1. The van der Waals surface area contributed by atoms with E-state index in [1.54, 1.807) is 23.4 Å². The molecule has 4 rings (SSSR count). The van der Waals surface area contributed by atoms with E-state index < -0.39 is 0 Å². The number of pyridine rings is 1. The average molecular weight is 337 g/mol. The highest BCUT2D eigenvalue weighted by atomic mass is 16.5. The van der Waals surface area contributed by atoms with Gasteiger partial charge in [-0.3, -0.25) is 15.1 Å². The Balaban J connectivity index is 1.66. The molecule has 0 saturated carbocycles. The van der Waals surface area contributed by atoms with E-state index in [-0.39, 0.29) is 17.7 Å². The summed E-state index contributed by atoms with van der Waals surface area (Å²) < 4.78 is 5.72. The van der Waals surface area contributed by atoms with Crippen LogP contribution in [0.1, 0.15) is 5.56 Å². The number of ether oxygens (including phenoxy) is 1. The van der Waals surface area contributed by atoms with Gasteiger partial charge in [-0.25, -0.2) is 0 Å². The number of rotatable bonds is 2. The van der Waals surface area contributed by atoms with Gasteiger partial charge in [-0.1, -0.05) is 18.2 Å². The number of fused-ring (bicyclic) bond motifs is 1. The van der Waals surface area contributed by atoms with Crippen molar-refractivity contribution in [3.63, 3.8) is 0 Å². The summed E-state index contributed by atoms with van der Waals surface area (Å²) in [5.74, 6) is 0.568. The van der Waals surface area contributed by atoms with Crippen LogP contribution in [0.5, 0.6) is 11.5 Å². The van der Waals surface area contributed by atoms with Gasteiger partial charge in [-0.05, 0) is 23.8 Å². The summed E-state index contributed by atoms with van der Waals surface area (Å²) in [4.78, 5) is 18.6. The van der Waals surface area contributed by atoms with E-state index in [1.165, 1.54) is 0 Å². The van der Waals surface area contributed by atoms with Crippen LogP contribution in [0.25, 0.3) is 11.1 Å². The van der Waals surface area contributed by atoms with Crippen LogP contribution in [0.3, 0.4) is 0 Å². The van der Waals surface area contributed by atoms with Crippen molar-refractivity contribution in [2.24, 2.45) is 0 Å². The van der Waals surface area contributed by atoms with Gasteiger partial charge in [0.15, 0.2) is 11.5 Å². The Morgan fingerprint density at radius 2 is 2.28 bits per heavy atom. The van der Waals surface area contributed by atoms with Crippen molar-refractivity contribution in [2.75, 3.05) is 19.7 Å². The van der Waals surface area contributed by atoms with E-state index in [0.29, 0.717) is 32.0 Å². The molecule has 1 atom stereocenters. The molecule has 2 aliphatic heterocycles. The summed E-state index contributed by atoms with van der Waals surface area (Å²) in [5.41, 5.74) is 2.55. The number of amides is 1. The summed E-state index contributed by atoms with van der Waals surface area (Å²) in [6, 6.07) is 7.13. The zero-order valence-electron chi connectivity index (χ0n) is 13.7. The minimum absolute atomic E-state index is 0.0245. The molecule has 0 aliphatic carbocycles. The lowest BCUT2D eigenvalue weighted by Gasteiger charge is -2.23. The monoisotopic (exact) mass is 337 g/mol. The highest BCUT2D eigenvalue weighted by Gasteiger charge is 2.27. The molecule has 1 aromatic heterocycles. The number of phenolic OH excluding ortho intramolecular Hbond substituents is 1. The molecule has 6 nitrogen and oxygen atoms in total. The number of hydrogen-bond donors (Lipinski definition) is 2. The molecule has 1 amide bonds. The Hall–Kier alpha value is -2.86. The molecule has 3 heterocycles. The zero-order chi connectivity index (χ0) is 17.2. The molecule has 0 fully saturated rings. The molecule has 2 aliphatic rings. The quantitative estimate of drug-likeness (QED) is 0.816. The fraction of sp³-hybridized carbons (Fsp3) is 0.263. The smallest absolute Gasteiger partial charge is 0.244 e. The van der Waals surface area contributed by atoms with E-state index in [4.69, 9.17) is 4.74 Å². The number of nitrogens with one attached hydrogen (secondary N) is 1. The Morgan fingerprint density at radius 3 is 3.04 bits per heavy atom. The summed E-state index contributed by atoms with van der Waals surface area (Å²) >= 11 is 0.